The number of ether oxygens (including phenoxy) is 1. The lowest BCUT2D eigenvalue weighted by molar-refractivity contribution is 0.177. The lowest BCUT2D eigenvalue weighted by Gasteiger charge is -2.25. The number of nitrogens with one attached hydrogen (secondary N) is 3. The van der Waals surface area contributed by atoms with Crippen molar-refractivity contribution in [3.05, 3.63) is 47.7 Å². The summed E-state index contributed by atoms with van der Waals surface area (Å²) in [5.41, 5.74) is 2.48. The number of hydrogen-bond acceptors (Lipinski definition) is 4. The van der Waals surface area contributed by atoms with E-state index in [0.717, 1.165) is 56.5 Å². The molecule has 0 fully saturated rings. The monoisotopic (exact) mass is 523 g/mol. The van der Waals surface area contributed by atoms with Crippen molar-refractivity contribution in [1.29, 1.82) is 0 Å². The second kappa shape index (κ2) is 10.8. The number of nitrogens with zero attached hydrogens (tertiary/aromatic N) is 4. The van der Waals surface area contributed by atoms with E-state index in [1.807, 2.05) is 4.68 Å². The topological polar surface area (TPSA) is 92.2 Å². The van der Waals surface area contributed by atoms with Crippen LogP contribution in [-0.2, 0) is 30.7 Å². The molecule has 1 aliphatic rings. The van der Waals surface area contributed by atoms with E-state index in [1.165, 1.54) is 16.5 Å². The van der Waals surface area contributed by atoms with Gasteiger partial charge in [-0.3, -0.25) is 4.99 Å². The van der Waals surface area contributed by atoms with Crippen molar-refractivity contribution in [3.8, 4) is 0 Å². The Balaban J connectivity index is 0.00000256. The number of aliphatic imine (C=N–C) groups is 1. The van der Waals surface area contributed by atoms with Gasteiger partial charge in [0.25, 0.3) is 0 Å². The van der Waals surface area contributed by atoms with Crippen LogP contribution in [0.3, 0.4) is 0 Å². The Morgan fingerprint density at radius 2 is 2.23 bits per heavy atom. The first-order chi connectivity index (χ1) is 14.3. The number of methoxy groups -OCH3 is 1. The van der Waals surface area contributed by atoms with E-state index in [1.54, 1.807) is 7.11 Å². The highest BCUT2D eigenvalue weighted by atomic mass is 127. The molecule has 1 atom stereocenters. The Morgan fingerprint density at radius 1 is 1.37 bits per heavy atom. The Labute approximate surface area is 193 Å². The lowest BCUT2D eigenvalue weighted by Crippen LogP contribution is -2.47. The van der Waals surface area contributed by atoms with Crippen molar-refractivity contribution < 1.29 is 4.74 Å². The first-order valence-electron chi connectivity index (χ1n) is 10.3. The van der Waals surface area contributed by atoms with Crippen molar-refractivity contribution in [2.75, 3.05) is 20.2 Å². The smallest absolute Gasteiger partial charge is 0.191 e. The second-order valence-electron chi connectivity index (χ2n) is 7.31. The highest BCUT2D eigenvalue weighted by Crippen LogP contribution is 2.18. The Morgan fingerprint density at radius 3 is 3.07 bits per heavy atom. The molecule has 0 saturated carbocycles. The molecule has 0 saturated heterocycles. The largest absolute Gasteiger partial charge is 0.377 e. The predicted octanol–water partition coefficient (Wildman–Crippen LogP) is 2.64. The van der Waals surface area contributed by atoms with Crippen LogP contribution in [0.5, 0.6) is 0 Å². The summed E-state index contributed by atoms with van der Waals surface area (Å²) in [6.45, 7) is 4.90. The summed E-state index contributed by atoms with van der Waals surface area (Å²) in [6, 6.07) is 8.67. The summed E-state index contributed by atoms with van der Waals surface area (Å²) in [7, 11) is 1.67. The molecule has 30 heavy (non-hydrogen) atoms. The Kier molecular flexibility index (Phi) is 8.08. The molecule has 1 aromatic carbocycles. The zero-order chi connectivity index (χ0) is 20.1. The molecule has 0 radical (unpaired) electrons. The minimum absolute atomic E-state index is 0. The maximum Gasteiger partial charge on any atom is 0.191 e. The Bertz CT molecular complexity index is 981. The number of benzene rings is 1. The van der Waals surface area contributed by atoms with Crippen molar-refractivity contribution in [3.63, 3.8) is 0 Å². The van der Waals surface area contributed by atoms with E-state index in [0.29, 0.717) is 6.61 Å². The van der Waals surface area contributed by atoms with Gasteiger partial charge in [0, 0.05) is 49.8 Å². The van der Waals surface area contributed by atoms with Crippen molar-refractivity contribution in [2.24, 2.45) is 4.99 Å². The minimum atomic E-state index is 0. The fraction of sp³-hybridized carbons (Fsp3) is 0.476. The summed E-state index contributed by atoms with van der Waals surface area (Å²) >= 11 is 0. The number of aromatic amines is 1. The Hall–Kier alpha value is -2.14. The van der Waals surface area contributed by atoms with E-state index in [9.17, 15) is 0 Å². The van der Waals surface area contributed by atoms with Crippen molar-refractivity contribution >= 4 is 40.8 Å². The number of fused-ring (bicyclic) bond motifs is 2. The van der Waals surface area contributed by atoms with E-state index in [4.69, 9.17) is 9.73 Å². The summed E-state index contributed by atoms with van der Waals surface area (Å²) in [5, 5.41) is 12.8. The molecular weight excluding hydrogens is 493 g/mol. The van der Waals surface area contributed by atoms with Gasteiger partial charge < -0.3 is 20.4 Å². The number of aryl methyl sites for hydroxylation is 1. The number of rotatable bonds is 7. The predicted molar refractivity (Wildman–Crippen MR) is 129 cm³/mol. The standard InChI is InChI=1S/C21H29N7O.HI/c1-3-22-21(23-11-10-15-12-24-18-7-5-4-6-17(15)18)25-16-8-9-20-26-19(14-29-2)27-28(20)13-16;/h4-7,12,16,24H,3,8-11,13-14H2,1-2H3,(H2,22,23,25);1H. The average Bonchev–Trinajstić information content (AvgIpc) is 3.32. The van der Waals surface area contributed by atoms with E-state index in [2.05, 4.69) is 63.1 Å². The number of halogens is 1. The normalized spacial score (nSPS) is 16.2. The van der Waals surface area contributed by atoms with Gasteiger partial charge in [0.15, 0.2) is 11.8 Å². The first-order valence-corrected chi connectivity index (χ1v) is 10.3. The fourth-order valence-electron chi connectivity index (χ4n) is 3.81. The third-order valence-electron chi connectivity index (χ3n) is 5.19. The van der Waals surface area contributed by atoms with Crippen LogP contribution in [0.15, 0.2) is 35.5 Å². The molecule has 1 aliphatic heterocycles. The third kappa shape index (κ3) is 5.31. The van der Waals surface area contributed by atoms with E-state index >= 15 is 0 Å². The number of hydrogen-bond donors (Lipinski definition) is 3. The van der Waals surface area contributed by atoms with Gasteiger partial charge in [-0.15, -0.1) is 24.0 Å². The van der Waals surface area contributed by atoms with Gasteiger partial charge in [0.1, 0.15) is 12.4 Å². The second-order valence-corrected chi connectivity index (χ2v) is 7.31. The van der Waals surface area contributed by atoms with Crippen LogP contribution >= 0.6 is 24.0 Å². The van der Waals surface area contributed by atoms with Gasteiger partial charge in [0.05, 0.1) is 6.54 Å². The number of aromatic nitrogens is 4. The molecule has 0 bridgehead atoms. The van der Waals surface area contributed by atoms with Gasteiger partial charge >= 0.3 is 0 Å². The number of para-hydroxylation sites is 1. The zero-order valence-corrected chi connectivity index (χ0v) is 19.8. The molecule has 162 valence electrons. The molecule has 3 aromatic rings. The quantitative estimate of drug-likeness (QED) is 0.252. The van der Waals surface area contributed by atoms with Gasteiger partial charge in [-0.2, -0.15) is 5.10 Å². The van der Waals surface area contributed by atoms with Crippen LogP contribution in [0.1, 0.15) is 30.6 Å². The van der Waals surface area contributed by atoms with Crippen LogP contribution in [0.4, 0.5) is 0 Å². The van der Waals surface area contributed by atoms with Crippen LogP contribution in [-0.4, -0.2) is 51.9 Å². The van der Waals surface area contributed by atoms with Crippen molar-refractivity contribution in [2.45, 2.75) is 45.4 Å². The van der Waals surface area contributed by atoms with Gasteiger partial charge in [-0.05, 0) is 31.4 Å². The summed E-state index contributed by atoms with van der Waals surface area (Å²) < 4.78 is 7.14. The maximum atomic E-state index is 5.15. The number of H-pyrrole nitrogens is 1. The van der Waals surface area contributed by atoms with Crippen molar-refractivity contribution in [1.82, 2.24) is 30.4 Å². The molecule has 0 spiro atoms. The van der Waals surface area contributed by atoms with Gasteiger partial charge in [-0.25, -0.2) is 9.67 Å². The maximum absolute atomic E-state index is 5.15. The highest BCUT2D eigenvalue weighted by Gasteiger charge is 2.22. The van der Waals surface area contributed by atoms with Crippen LogP contribution in [0.25, 0.3) is 10.9 Å². The molecule has 3 N–H and O–H groups in total. The average molecular weight is 523 g/mol. The molecule has 0 aliphatic carbocycles. The first kappa shape index (κ1) is 22.5. The summed E-state index contributed by atoms with van der Waals surface area (Å²) in [5.74, 6) is 2.65. The summed E-state index contributed by atoms with van der Waals surface area (Å²) in [4.78, 5) is 12.7. The summed E-state index contributed by atoms with van der Waals surface area (Å²) in [6.07, 6.45) is 4.91. The molecule has 4 rings (SSSR count). The van der Waals surface area contributed by atoms with Crippen LogP contribution in [0, 0.1) is 0 Å². The SMILES string of the molecule is CCNC(=NCCc1c[nH]c2ccccc12)NC1CCc2nc(COC)nn2C1.I. The van der Waals surface area contributed by atoms with Crippen LogP contribution < -0.4 is 10.6 Å². The molecule has 3 heterocycles. The van der Waals surface area contributed by atoms with Gasteiger partial charge in [0.2, 0.25) is 0 Å². The number of guanidine groups is 1. The molecule has 8 nitrogen and oxygen atoms in total. The van der Waals surface area contributed by atoms with E-state index < -0.39 is 0 Å². The molecular formula is C21H30IN7O. The molecule has 1 unspecified atom stereocenters. The molecule has 0 amide bonds. The van der Waals surface area contributed by atoms with E-state index in [-0.39, 0.29) is 30.0 Å². The highest BCUT2D eigenvalue weighted by molar-refractivity contribution is 14.0. The minimum Gasteiger partial charge on any atom is -0.377 e. The zero-order valence-electron chi connectivity index (χ0n) is 17.5. The van der Waals surface area contributed by atoms with Gasteiger partial charge in [-0.1, -0.05) is 18.2 Å². The molecule has 9 heteroatoms. The fourth-order valence-corrected chi connectivity index (χ4v) is 3.81. The van der Waals surface area contributed by atoms with Crippen LogP contribution in [0.2, 0.25) is 0 Å². The third-order valence-corrected chi connectivity index (χ3v) is 5.19. The molecule has 2 aromatic heterocycles. The lowest BCUT2D eigenvalue weighted by atomic mass is 10.1.